The summed E-state index contributed by atoms with van der Waals surface area (Å²) in [5, 5.41) is 7.01. The first-order chi connectivity index (χ1) is 15.8. The summed E-state index contributed by atoms with van der Waals surface area (Å²) in [5.74, 6) is 2.08. The Balaban J connectivity index is 1.22. The van der Waals surface area contributed by atoms with Crippen LogP contribution in [0.2, 0.25) is 0 Å². The smallest absolute Gasteiger partial charge is 0.123 e. The van der Waals surface area contributed by atoms with Crippen molar-refractivity contribution in [2.45, 2.75) is 37.8 Å². The molecule has 4 heterocycles. The van der Waals surface area contributed by atoms with E-state index in [2.05, 4.69) is 79.1 Å². The topological polar surface area (TPSA) is 81.4 Å². The fourth-order valence-electron chi connectivity index (χ4n) is 4.87. The average Bonchev–Trinajstić information content (AvgIpc) is 3.66. The van der Waals surface area contributed by atoms with Gasteiger partial charge in [0, 0.05) is 5.56 Å². The van der Waals surface area contributed by atoms with Gasteiger partial charge in [0.2, 0.25) is 0 Å². The van der Waals surface area contributed by atoms with Crippen LogP contribution in [0.1, 0.15) is 49.4 Å². The van der Waals surface area contributed by atoms with E-state index in [1.165, 1.54) is 24.0 Å². The molecule has 6 rings (SSSR count). The Morgan fingerprint density at radius 3 is 1.78 bits per heavy atom. The van der Waals surface area contributed by atoms with Gasteiger partial charge in [-0.1, -0.05) is 42.5 Å². The highest BCUT2D eigenvalue weighted by Gasteiger charge is 2.20. The lowest BCUT2D eigenvalue weighted by Crippen LogP contribution is -2.14. The third kappa shape index (κ3) is 3.76. The van der Waals surface area contributed by atoms with Crippen molar-refractivity contribution >= 4 is 0 Å². The van der Waals surface area contributed by atoms with Crippen LogP contribution in [0.25, 0.3) is 33.6 Å². The molecule has 0 radical (unpaired) electrons. The highest BCUT2D eigenvalue weighted by Crippen LogP contribution is 2.30. The summed E-state index contributed by atoms with van der Waals surface area (Å²) in [6.45, 7) is 2.15. The highest BCUT2D eigenvalue weighted by atomic mass is 15.0. The minimum atomic E-state index is 0.354. The van der Waals surface area contributed by atoms with Gasteiger partial charge in [-0.05, 0) is 61.5 Å². The van der Waals surface area contributed by atoms with Crippen molar-refractivity contribution in [3.05, 3.63) is 72.6 Å². The minimum absolute atomic E-state index is 0.354. The molecule has 2 fully saturated rings. The third-order valence-electron chi connectivity index (χ3n) is 6.67. The maximum absolute atomic E-state index is 4.62. The molecule has 2 aliphatic heterocycles. The first kappa shape index (κ1) is 19.5. The van der Waals surface area contributed by atoms with Crippen LogP contribution in [0, 0.1) is 0 Å². The van der Waals surface area contributed by atoms with E-state index in [1.54, 1.807) is 0 Å². The first-order valence-corrected chi connectivity index (χ1v) is 11.6. The molecule has 0 amide bonds. The minimum Gasteiger partial charge on any atom is -0.341 e. The Labute approximate surface area is 187 Å². The van der Waals surface area contributed by atoms with Crippen molar-refractivity contribution in [1.82, 2.24) is 30.6 Å². The Kier molecular flexibility index (Phi) is 5.09. The summed E-state index contributed by atoms with van der Waals surface area (Å²) >= 11 is 0. The van der Waals surface area contributed by atoms with Crippen LogP contribution in [-0.4, -0.2) is 33.0 Å². The van der Waals surface area contributed by atoms with Crippen molar-refractivity contribution < 1.29 is 0 Å². The molecule has 6 nitrogen and oxygen atoms in total. The largest absolute Gasteiger partial charge is 0.341 e. The molecule has 0 aliphatic carbocycles. The summed E-state index contributed by atoms with van der Waals surface area (Å²) in [4.78, 5) is 16.2. The second-order valence-electron chi connectivity index (χ2n) is 8.82. The van der Waals surface area contributed by atoms with Crippen LogP contribution in [0.3, 0.4) is 0 Å². The molecule has 2 aromatic heterocycles. The SMILES string of the molecule is c1cc(-c2ccc(-c3cnc([C@@H]4CCCN4)[nH]3)cc2)cc(-c2cnc([C@@H]3CCCN3)[nH]2)c1. The van der Waals surface area contributed by atoms with E-state index in [0.29, 0.717) is 12.1 Å². The molecular weight excluding hydrogens is 396 g/mol. The number of hydrogen-bond donors (Lipinski definition) is 4. The van der Waals surface area contributed by atoms with E-state index in [0.717, 1.165) is 60.1 Å². The van der Waals surface area contributed by atoms with Crippen molar-refractivity contribution in [3.8, 4) is 33.6 Å². The van der Waals surface area contributed by atoms with Crippen LogP contribution in [0.15, 0.2) is 60.9 Å². The number of rotatable bonds is 5. The van der Waals surface area contributed by atoms with Crippen LogP contribution in [0.5, 0.6) is 0 Å². The van der Waals surface area contributed by atoms with Gasteiger partial charge < -0.3 is 20.6 Å². The van der Waals surface area contributed by atoms with Gasteiger partial charge in [-0.25, -0.2) is 9.97 Å². The van der Waals surface area contributed by atoms with Gasteiger partial charge in [-0.15, -0.1) is 0 Å². The van der Waals surface area contributed by atoms with E-state index in [1.807, 2.05) is 12.4 Å². The molecule has 4 aromatic rings. The predicted molar refractivity (Wildman–Crippen MR) is 127 cm³/mol. The van der Waals surface area contributed by atoms with Gasteiger partial charge in [0.05, 0.1) is 35.9 Å². The van der Waals surface area contributed by atoms with Crippen molar-refractivity contribution in [2.24, 2.45) is 0 Å². The lowest BCUT2D eigenvalue weighted by Gasteiger charge is -2.07. The van der Waals surface area contributed by atoms with Crippen molar-refractivity contribution in [1.29, 1.82) is 0 Å². The maximum Gasteiger partial charge on any atom is 0.123 e. The van der Waals surface area contributed by atoms with Gasteiger partial charge in [-0.3, -0.25) is 0 Å². The van der Waals surface area contributed by atoms with Crippen LogP contribution >= 0.6 is 0 Å². The van der Waals surface area contributed by atoms with Crippen LogP contribution < -0.4 is 10.6 Å². The molecule has 0 bridgehead atoms. The van der Waals surface area contributed by atoms with Gasteiger partial charge in [0.25, 0.3) is 0 Å². The zero-order valence-electron chi connectivity index (χ0n) is 18.1. The molecule has 0 spiro atoms. The molecule has 32 heavy (non-hydrogen) atoms. The number of aromatic amines is 2. The second kappa shape index (κ2) is 8.37. The van der Waals surface area contributed by atoms with E-state index >= 15 is 0 Å². The molecule has 2 aliphatic rings. The Bertz CT molecular complexity index is 1190. The molecule has 2 saturated heterocycles. The van der Waals surface area contributed by atoms with Gasteiger partial charge >= 0.3 is 0 Å². The average molecular weight is 425 g/mol. The lowest BCUT2D eigenvalue weighted by atomic mass is 10.0. The number of hydrogen-bond acceptors (Lipinski definition) is 4. The maximum atomic E-state index is 4.62. The molecule has 2 atom stereocenters. The van der Waals surface area contributed by atoms with Crippen molar-refractivity contribution in [2.75, 3.05) is 13.1 Å². The summed E-state index contributed by atoms with van der Waals surface area (Å²) < 4.78 is 0. The van der Waals surface area contributed by atoms with E-state index in [9.17, 15) is 0 Å². The number of aromatic nitrogens is 4. The molecule has 0 saturated carbocycles. The molecular formula is C26H28N6. The molecule has 4 N–H and O–H groups in total. The second-order valence-corrected chi connectivity index (χ2v) is 8.82. The Morgan fingerprint density at radius 2 is 1.19 bits per heavy atom. The van der Waals surface area contributed by atoms with Gasteiger partial charge in [-0.2, -0.15) is 0 Å². The van der Waals surface area contributed by atoms with Gasteiger partial charge in [0.15, 0.2) is 0 Å². The van der Waals surface area contributed by atoms with Crippen LogP contribution in [-0.2, 0) is 0 Å². The number of benzene rings is 2. The normalized spacial score (nSPS) is 20.8. The Morgan fingerprint density at radius 1 is 0.625 bits per heavy atom. The monoisotopic (exact) mass is 424 g/mol. The summed E-state index contributed by atoms with van der Waals surface area (Å²) in [7, 11) is 0. The zero-order chi connectivity index (χ0) is 21.3. The highest BCUT2D eigenvalue weighted by molar-refractivity contribution is 5.73. The zero-order valence-corrected chi connectivity index (χ0v) is 18.1. The van der Waals surface area contributed by atoms with Crippen LogP contribution in [0.4, 0.5) is 0 Å². The quantitative estimate of drug-likeness (QED) is 0.364. The van der Waals surface area contributed by atoms with Crippen molar-refractivity contribution in [3.63, 3.8) is 0 Å². The number of imidazole rings is 2. The summed E-state index contributed by atoms with van der Waals surface area (Å²) in [6, 6.07) is 18.1. The summed E-state index contributed by atoms with van der Waals surface area (Å²) in [6.07, 6.45) is 8.62. The Hall–Kier alpha value is -3.22. The predicted octanol–water partition coefficient (Wildman–Crippen LogP) is 4.98. The van der Waals surface area contributed by atoms with Gasteiger partial charge in [0.1, 0.15) is 11.6 Å². The molecule has 6 heteroatoms. The fraction of sp³-hybridized carbons (Fsp3) is 0.308. The lowest BCUT2D eigenvalue weighted by molar-refractivity contribution is 0.613. The number of nitrogens with zero attached hydrogens (tertiary/aromatic N) is 2. The standard InChI is InChI=1S/C26H28N6/c1-4-19(14-20(5-1)24-16-30-26(32-24)22-7-3-13-28-22)17-8-10-18(11-9-17)23-15-29-25(31-23)21-6-2-12-27-21/h1,4-5,8-11,14-16,21-22,27-28H,2-3,6-7,12-13H2,(H,29,31)(H,30,32)/t21-,22-/m0/s1. The summed E-state index contributed by atoms with van der Waals surface area (Å²) in [5.41, 5.74) is 6.85. The first-order valence-electron chi connectivity index (χ1n) is 11.6. The molecule has 2 aromatic carbocycles. The molecule has 162 valence electrons. The fourth-order valence-corrected chi connectivity index (χ4v) is 4.87. The number of H-pyrrole nitrogens is 2. The van der Waals surface area contributed by atoms with E-state index in [-0.39, 0.29) is 0 Å². The van der Waals surface area contributed by atoms with E-state index in [4.69, 9.17) is 0 Å². The number of nitrogens with one attached hydrogen (secondary N) is 4. The van der Waals surface area contributed by atoms with E-state index < -0.39 is 0 Å². The third-order valence-corrected chi connectivity index (χ3v) is 6.67. The molecule has 0 unspecified atom stereocenters.